The lowest BCUT2D eigenvalue weighted by atomic mass is 9.96. The molecule has 0 saturated carbocycles. The highest BCUT2D eigenvalue weighted by atomic mass is 31.1. The summed E-state index contributed by atoms with van der Waals surface area (Å²) in [6, 6.07) is 16.0. The lowest BCUT2D eigenvalue weighted by Gasteiger charge is -2.30. The van der Waals surface area contributed by atoms with Crippen LogP contribution in [0.25, 0.3) is 0 Å². The van der Waals surface area contributed by atoms with E-state index in [0.29, 0.717) is 14.3 Å². The Morgan fingerprint density at radius 2 is 1.81 bits per heavy atom. The zero-order chi connectivity index (χ0) is 15.3. The quantitative estimate of drug-likeness (QED) is 0.655. The van der Waals surface area contributed by atoms with E-state index in [0.717, 1.165) is 17.5 Å². The normalized spacial score (nSPS) is 14.8. The second-order valence-corrected chi connectivity index (χ2v) is 7.19. The maximum Gasteiger partial charge on any atom is 0.119 e. The van der Waals surface area contributed by atoms with Crippen molar-refractivity contribution in [2.24, 2.45) is 4.99 Å². The highest BCUT2D eigenvalue weighted by Crippen LogP contribution is 2.46. The van der Waals surface area contributed by atoms with Gasteiger partial charge in [-0.05, 0) is 23.4 Å². The number of aliphatic imine (C=N–C) groups is 1. The van der Waals surface area contributed by atoms with Gasteiger partial charge in [-0.2, -0.15) is 0 Å². The van der Waals surface area contributed by atoms with Gasteiger partial charge in [0, 0.05) is 24.0 Å². The molecule has 0 aromatic heterocycles. The number of benzene rings is 2. The lowest BCUT2D eigenvalue weighted by molar-refractivity contribution is 0.457. The minimum Gasteiger partial charge on any atom is -0.508 e. The molecule has 2 rings (SSSR count). The summed E-state index contributed by atoms with van der Waals surface area (Å²) in [6.07, 6.45) is 2.88. The fourth-order valence-electron chi connectivity index (χ4n) is 2.45. The van der Waals surface area contributed by atoms with Crippen LogP contribution in [0.3, 0.4) is 0 Å². The van der Waals surface area contributed by atoms with Gasteiger partial charge in [0.1, 0.15) is 5.75 Å². The molecular formula is C18H22NOP. The zero-order valence-corrected chi connectivity index (χ0v) is 13.8. The lowest BCUT2D eigenvalue weighted by Crippen LogP contribution is -2.20. The van der Waals surface area contributed by atoms with Crippen LogP contribution >= 0.6 is 8.58 Å². The fourth-order valence-corrected chi connectivity index (χ4v) is 4.04. The highest BCUT2D eigenvalue weighted by molar-refractivity contribution is 7.48. The smallest absolute Gasteiger partial charge is 0.119 e. The maximum atomic E-state index is 10.2. The molecule has 2 nitrogen and oxygen atoms in total. The Morgan fingerprint density at radius 1 is 1.14 bits per heavy atom. The molecule has 2 aromatic rings. The van der Waals surface area contributed by atoms with Crippen LogP contribution in [0, 0.1) is 0 Å². The number of hydrogen-bond acceptors (Lipinski definition) is 2. The van der Waals surface area contributed by atoms with Gasteiger partial charge >= 0.3 is 0 Å². The molecule has 21 heavy (non-hydrogen) atoms. The molecule has 0 spiro atoms. The molecule has 0 radical (unpaired) electrons. The minimum atomic E-state index is -0.0664. The van der Waals surface area contributed by atoms with Gasteiger partial charge in [-0.1, -0.05) is 64.9 Å². The summed E-state index contributed by atoms with van der Waals surface area (Å²) in [4.78, 5) is 4.14. The van der Waals surface area contributed by atoms with Gasteiger partial charge in [-0.3, -0.25) is 4.99 Å². The first-order chi connectivity index (χ1) is 10.1. The van der Waals surface area contributed by atoms with E-state index in [1.165, 1.54) is 5.30 Å². The number of rotatable bonds is 5. The predicted molar refractivity (Wildman–Crippen MR) is 93.7 cm³/mol. The van der Waals surface area contributed by atoms with E-state index in [1.54, 1.807) is 13.1 Å². The van der Waals surface area contributed by atoms with Crippen molar-refractivity contribution in [3.05, 3.63) is 59.7 Å². The third-order valence-corrected chi connectivity index (χ3v) is 5.74. The third-order valence-electron chi connectivity index (χ3n) is 3.85. The Kier molecular flexibility index (Phi) is 5.14. The minimum absolute atomic E-state index is 0.0664. The zero-order valence-electron chi connectivity index (χ0n) is 12.8. The molecule has 2 unspecified atom stereocenters. The molecular weight excluding hydrogens is 277 g/mol. The van der Waals surface area contributed by atoms with Crippen LogP contribution in [-0.2, 0) is 5.16 Å². The van der Waals surface area contributed by atoms with Crippen molar-refractivity contribution in [1.29, 1.82) is 0 Å². The van der Waals surface area contributed by atoms with Crippen LogP contribution in [0.5, 0.6) is 5.75 Å². The van der Waals surface area contributed by atoms with Crippen molar-refractivity contribution >= 4 is 20.1 Å². The van der Waals surface area contributed by atoms with Crippen LogP contribution in [0.2, 0.25) is 0 Å². The summed E-state index contributed by atoms with van der Waals surface area (Å²) < 4.78 is 0. The van der Waals surface area contributed by atoms with Crippen molar-refractivity contribution in [3.8, 4) is 5.75 Å². The Morgan fingerprint density at radius 3 is 2.48 bits per heavy atom. The second-order valence-electron chi connectivity index (χ2n) is 5.30. The summed E-state index contributed by atoms with van der Waals surface area (Å²) in [5.74, 6) is 0.385. The van der Waals surface area contributed by atoms with Crippen molar-refractivity contribution < 1.29 is 5.11 Å². The topological polar surface area (TPSA) is 32.6 Å². The molecule has 110 valence electrons. The Balaban J connectivity index is 2.42. The van der Waals surface area contributed by atoms with E-state index in [2.05, 4.69) is 37.0 Å². The van der Waals surface area contributed by atoms with Crippen LogP contribution < -0.4 is 5.30 Å². The summed E-state index contributed by atoms with van der Waals surface area (Å²) in [5, 5.41) is 11.4. The second kappa shape index (κ2) is 6.87. The van der Waals surface area contributed by atoms with Crippen molar-refractivity contribution in [3.63, 3.8) is 0 Å². The summed E-state index contributed by atoms with van der Waals surface area (Å²) in [6.45, 7) is 4.40. The van der Waals surface area contributed by atoms with E-state index in [-0.39, 0.29) is 5.16 Å². The first kappa shape index (κ1) is 15.7. The molecule has 0 saturated heterocycles. The molecule has 3 heteroatoms. The monoisotopic (exact) mass is 299 g/mol. The van der Waals surface area contributed by atoms with Gasteiger partial charge in [0.05, 0.1) is 0 Å². The average Bonchev–Trinajstić information content (AvgIpc) is 2.50. The van der Waals surface area contributed by atoms with E-state index in [4.69, 9.17) is 0 Å². The number of para-hydroxylation sites is 1. The fraction of sp³-hybridized carbons (Fsp3) is 0.278. The molecule has 1 N–H and O–H groups in total. The highest BCUT2D eigenvalue weighted by Gasteiger charge is 2.28. The van der Waals surface area contributed by atoms with Gasteiger partial charge in [-0.25, -0.2) is 0 Å². The molecule has 0 aliphatic carbocycles. The first-order valence-electron chi connectivity index (χ1n) is 7.18. The van der Waals surface area contributed by atoms with Crippen LogP contribution in [0.15, 0.2) is 53.5 Å². The van der Waals surface area contributed by atoms with E-state index < -0.39 is 0 Å². The van der Waals surface area contributed by atoms with E-state index in [9.17, 15) is 5.11 Å². The molecule has 0 aliphatic rings. The Bertz CT molecular complexity index is 639. The first-order valence-corrected chi connectivity index (χ1v) is 8.18. The van der Waals surface area contributed by atoms with Gasteiger partial charge in [0.25, 0.3) is 0 Å². The van der Waals surface area contributed by atoms with Crippen LogP contribution in [0.1, 0.15) is 31.4 Å². The average molecular weight is 299 g/mol. The summed E-state index contributed by atoms with van der Waals surface area (Å²) in [5.41, 5.74) is 2.18. The molecule has 0 aliphatic heterocycles. The molecule has 0 bridgehead atoms. The van der Waals surface area contributed by atoms with Gasteiger partial charge in [0.2, 0.25) is 0 Å². The van der Waals surface area contributed by atoms with E-state index in [1.807, 2.05) is 30.5 Å². The third kappa shape index (κ3) is 3.51. The number of aromatic hydroxyl groups is 1. The number of hydrogen-bond donors (Lipinski definition) is 1. The molecule has 0 fully saturated rings. The Labute approximate surface area is 128 Å². The van der Waals surface area contributed by atoms with E-state index >= 15 is 0 Å². The van der Waals surface area contributed by atoms with Crippen LogP contribution in [0.4, 0.5) is 0 Å². The van der Waals surface area contributed by atoms with Gasteiger partial charge < -0.3 is 5.11 Å². The SMILES string of the molecule is CCC(C)(Pc1ccccc1C=NC)c1ccccc1O. The number of phenols is 1. The predicted octanol–water partition coefficient (Wildman–Crippen LogP) is 4.07. The Hall–Kier alpha value is -1.66. The van der Waals surface area contributed by atoms with Crippen LogP contribution in [-0.4, -0.2) is 18.4 Å². The van der Waals surface area contributed by atoms with Crippen molar-refractivity contribution in [1.82, 2.24) is 0 Å². The molecule has 2 atom stereocenters. The van der Waals surface area contributed by atoms with Gasteiger partial charge in [0.15, 0.2) is 0 Å². The van der Waals surface area contributed by atoms with Crippen molar-refractivity contribution in [2.75, 3.05) is 7.05 Å². The summed E-state index contributed by atoms with van der Waals surface area (Å²) in [7, 11) is 2.37. The maximum absolute atomic E-state index is 10.2. The largest absolute Gasteiger partial charge is 0.508 e. The van der Waals surface area contributed by atoms with Crippen molar-refractivity contribution in [2.45, 2.75) is 25.4 Å². The van der Waals surface area contributed by atoms with Gasteiger partial charge in [-0.15, -0.1) is 0 Å². The molecule has 0 amide bonds. The molecule has 0 heterocycles. The standard InChI is InChI=1S/C18H22NOP/c1-4-18(2,15-10-6-7-11-16(15)20)21-17-12-8-5-9-14(17)13-19-3/h5-13,20-21H,4H2,1-3H3. The number of phenolic OH excluding ortho intramolecular Hbond substituents is 1. The number of nitrogens with zero attached hydrogens (tertiary/aromatic N) is 1. The molecule has 2 aromatic carbocycles. The summed E-state index contributed by atoms with van der Waals surface area (Å²) >= 11 is 0.